The van der Waals surface area contributed by atoms with Crippen molar-refractivity contribution >= 4 is 0 Å². The predicted molar refractivity (Wildman–Crippen MR) is 68.8 cm³/mol. The Bertz CT molecular complexity index is 183. The Hall–Kier alpha value is -0.120. The van der Waals surface area contributed by atoms with E-state index >= 15 is 0 Å². The van der Waals surface area contributed by atoms with Crippen molar-refractivity contribution < 1.29 is 4.74 Å². The van der Waals surface area contributed by atoms with E-state index in [4.69, 9.17) is 4.74 Å². The largest absolute Gasteiger partial charge is 0.376 e. The van der Waals surface area contributed by atoms with Crippen LogP contribution in [0.3, 0.4) is 0 Å². The molecule has 3 heteroatoms. The lowest BCUT2D eigenvalue weighted by atomic mass is 10.1. The fourth-order valence-electron chi connectivity index (χ4n) is 2.38. The molecule has 0 aromatic carbocycles. The molecule has 1 heterocycles. The molecule has 0 spiro atoms. The van der Waals surface area contributed by atoms with Crippen molar-refractivity contribution in [2.24, 2.45) is 0 Å². The average molecular weight is 228 g/mol. The van der Waals surface area contributed by atoms with Gasteiger partial charge in [0.05, 0.1) is 12.7 Å². The average Bonchev–Trinajstić information content (AvgIpc) is 2.29. The van der Waals surface area contributed by atoms with Crippen molar-refractivity contribution in [2.45, 2.75) is 58.2 Å². The Morgan fingerprint density at radius 3 is 2.81 bits per heavy atom. The van der Waals surface area contributed by atoms with E-state index in [-0.39, 0.29) is 0 Å². The predicted octanol–water partition coefficient (Wildman–Crippen LogP) is 1.87. The van der Waals surface area contributed by atoms with Gasteiger partial charge in [-0.1, -0.05) is 6.92 Å². The molecule has 0 radical (unpaired) electrons. The SMILES string of the molecule is CCC(CCCN1CC(C)OCC1C)NC. The molecule has 1 fully saturated rings. The molecule has 1 saturated heterocycles. The summed E-state index contributed by atoms with van der Waals surface area (Å²) in [6, 6.07) is 1.28. The van der Waals surface area contributed by atoms with Crippen LogP contribution in [-0.4, -0.2) is 49.8 Å². The zero-order valence-electron chi connectivity index (χ0n) is 11.3. The van der Waals surface area contributed by atoms with Crippen LogP contribution >= 0.6 is 0 Å². The molecule has 1 aliphatic rings. The summed E-state index contributed by atoms with van der Waals surface area (Å²) in [4.78, 5) is 2.57. The number of ether oxygens (including phenoxy) is 1. The van der Waals surface area contributed by atoms with Crippen molar-refractivity contribution in [2.75, 3.05) is 26.7 Å². The minimum Gasteiger partial charge on any atom is -0.376 e. The van der Waals surface area contributed by atoms with Gasteiger partial charge in [-0.2, -0.15) is 0 Å². The van der Waals surface area contributed by atoms with E-state index in [1.54, 1.807) is 0 Å². The second-order valence-electron chi connectivity index (χ2n) is 5.02. The quantitative estimate of drug-likeness (QED) is 0.751. The highest BCUT2D eigenvalue weighted by Gasteiger charge is 2.22. The lowest BCUT2D eigenvalue weighted by Crippen LogP contribution is -2.47. The molecule has 0 aromatic rings. The normalized spacial score (nSPS) is 29.2. The Kier molecular flexibility index (Phi) is 6.32. The molecule has 3 atom stereocenters. The van der Waals surface area contributed by atoms with Crippen LogP contribution in [0.15, 0.2) is 0 Å². The second-order valence-corrected chi connectivity index (χ2v) is 5.02. The highest BCUT2D eigenvalue weighted by atomic mass is 16.5. The van der Waals surface area contributed by atoms with E-state index < -0.39 is 0 Å². The van der Waals surface area contributed by atoms with Gasteiger partial charge < -0.3 is 10.1 Å². The van der Waals surface area contributed by atoms with Gasteiger partial charge in [0.25, 0.3) is 0 Å². The first-order valence-electron chi connectivity index (χ1n) is 6.70. The van der Waals surface area contributed by atoms with E-state index in [0.717, 1.165) is 13.2 Å². The fourth-order valence-corrected chi connectivity index (χ4v) is 2.38. The van der Waals surface area contributed by atoms with Gasteiger partial charge >= 0.3 is 0 Å². The zero-order chi connectivity index (χ0) is 12.0. The molecular formula is C13H28N2O. The summed E-state index contributed by atoms with van der Waals surface area (Å²) in [5.41, 5.74) is 0. The first-order valence-corrected chi connectivity index (χ1v) is 6.70. The number of nitrogens with one attached hydrogen (secondary N) is 1. The topological polar surface area (TPSA) is 24.5 Å². The minimum atomic E-state index is 0.405. The maximum Gasteiger partial charge on any atom is 0.0674 e. The van der Waals surface area contributed by atoms with Crippen LogP contribution in [-0.2, 0) is 4.74 Å². The monoisotopic (exact) mass is 228 g/mol. The Balaban J connectivity index is 2.20. The summed E-state index contributed by atoms with van der Waals surface area (Å²) in [5.74, 6) is 0. The van der Waals surface area contributed by atoms with Gasteiger partial charge in [-0.25, -0.2) is 0 Å². The second kappa shape index (κ2) is 7.25. The molecule has 3 nitrogen and oxygen atoms in total. The molecule has 96 valence electrons. The smallest absolute Gasteiger partial charge is 0.0674 e. The Morgan fingerprint density at radius 1 is 1.44 bits per heavy atom. The van der Waals surface area contributed by atoms with Crippen molar-refractivity contribution in [3.8, 4) is 0 Å². The van der Waals surface area contributed by atoms with Gasteiger partial charge in [-0.3, -0.25) is 4.90 Å². The van der Waals surface area contributed by atoms with E-state index in [1.165, 1.54) is 25.8 Å². The highest BCUT2D eigenvalue weighted by Crippen LogP contribution is 2.13. The number of morpholine rings is 1. The maximum atomic E-state index is 5.64. The van der Waals surface area contributed by atoms with Gasteiger partial charge in [-0.05, 0) is 46.7 Å². The van der Waals surface area contributed by atoms with Gasteiger partial charge in [-0.15, -0.1) is 0 Å². The molecule has 1 rings (SSSR count). The molecule has 16 heavy (non-hydrogen) atoms. The first-order chi connectivity index (χ1) is 7.67. The molecule has 0 bridgehead atoms. The molecule has 0 saturated carbocycles. The fraction of sp³-hybridized carbons (Fsp3) is 1.00. The maximum absolute atomic E-state index is 5.64. The molecule has 0 amide bonds. The number of hydrogen-bond donors (Lipinski definition) is 1. The third-order valence-electron chi connectivity index (χ3n) is 3.64. The molecular weight excluding hydrogens is 200 g/mol. The molecule has 1 N–H and O–H groups in total. The van der Waals surface area contributed by atoms with Gasteiger partial charge in [0.15, 0.2) is 0 Å². The number of rotatable bonds is 6. The summed E-state index contributed by atoms with van der Waals surface area (Å²) >= 11 is 0. The Labute approximate surface area is 101 Å². The van der Waals surface area contributed by atoms with Gasteiger partial charge in [0, 0.05) is 18.6 Å². The molecule has 3 unspecified atom stereocenters. The van der Waals surface area contributed by atoms with Crippen molar-refractivity contribution in [3.63, 3.8) is 0 Å². The van der Waals surface area contributed by atoms with Crippen LogP contribution in [0.2, 0.25) is 0 Å². The lowest BCUT2D eigenvalue weighted by Gasteiger charge is -2.37. The summed E-state index contributed by atoms with van der Waals surface area (Å²) < 4.78 is 5.64. The standard InChI is InChI=1S/C13H28N2O/c1-5-13(14-4)7-6-8-15-9-12(3)16-10-11(15)2/h11-14H,5-10H2,1-4H3. The van der Waals surface area contributed by atoms with E-state index in [0.29, 0.717) is 18.2 Å². The van der Waals surface area contributed by atoms with E-state index in [2.05, 4.69) is 38.0 Å². The lowest BCUT2D eigenvalue weighted by molar-refractivity contribution is -0.0497. The first kappa shape index (κ1) is 13.9. The zero-order valence-corrected chi connectivity index (χ0v) is 11.3. The van der Waals surface area contributed by atoms with Crippen LogP contribution in [0.25, 0.3) is 0 Å². The van der Waals surface area contributed by atoms with Crippen LogP contribution in [0, 0.1) is 0 Å². The van der Waals surface area contributed by atoms with Gasteiger partial charge in [0.2, 0.25) is 0 Å². The van der Waals surface area contributed by atoms with Crippen molar-refractivity contribution in [1.82, 2.24) is 10.2 Å². The Morgan fingerprint density at radius 2 is 2.19 bits per heavy atom. The molecule has 0 aromatic heterocycles. The summed E-state index contributed by atoms with van der Waals surface area (Å²) in [5, 5.41) is 3.37. The number of hydrogen-bond acceptors (Lipinski definition) is 3. The molecule has 1 aliphatic heterocycles. The third-order valence-corrected chi connectivity index (χ3v) is 3.64. The van der Waals surface area contributed by atoms with Crippen molar-refractivity contribution in [1.29, 1.82) is 0 Å². The van der Waals surface area contributed by atoms with Gasteiger partial charge in [0.1, 0.15) is 0 Å². The summed E-state index contributed by atoms with van der Waals surface area (Å²) in [6.45, 7) is 9.89. The van der Waals surface area contributed by atoms with E-state index in [1.807, 2.05) is 0 Å². The summed E-state index contributed by atoms with van der Waals surface area (Å²) in [7, 11) is 2.06. The van der Waals surface area contributed by atoms with Crippen molar-refractivity contribution in [3.05, 3.63) is 0 Å². The highest BCUT2D eigenvalue weighted by molar-refractivity contribution is 4.75. The molecule has 0 aliphatic carbocycles. The third kappa shape index (κ3) is 4.40. The van der Waals surface area contributed by atoms with Crippen LogP contribution < -0.4 is 5.32 Å². The van der Waals surface area contributed by atoms with Crippen LogP contribution in [0.5, 0.6) is 0 Å². The minimum absolute atomic E-state index is 0.405. The van der Waals surface area contributed by atoms with Crippen LogP contribution in [0.4, 0.5) is 0 Å². The van der Waals surface area contributed by atoms with Crippen LogP contribution in [0.1, 0.15) is 40.0 Å². The summed E-state index contributed by atoms with van der Waals surface area (Å²) in [6.07, 6.45) is 4.20. The van der Waals surface area contributed by atoms with E-state index in [9.17, 15) is 0 Å². The number of nitrogens with zero attached hydrogens (tertiary/aromatic N) is 1.